The van der Waals surface area contributed by atoms with Gasteiger partial charge in [-0.2, -0.15) is 0 Å². The molecule has 2 aliphatic heterocycles. The summed E-state index contributed by atoms with van der Waals surface area (Å²) in [6.45, 7) is 3.60. The lowest BCUT2D eigenvalue weighted by Gasteiger charge is -2.25. The summed E-state index contributed by atoms with van der Waals surface area (Å²) in [5, 5.41) is 13.2. The summed E-state index contributed by atoms with van der Waals surface area (Å²) in [5.41, 5.74) is 9.55. The number of nitrogens with zero attached hydrogens (tertiary/aromatic N) is 1. The standard InChI is InChI=1S/C26H28N4O2/c1-16(31)30-24-7-6-23(32-22-8-10-29-11-9-22)14-21(24)15-25(30)18-4-2-17-3-5-19(26(27)28)13-20(17)12-18/h2-7,12-14,22,25,29H,8-11,15H2,1H3,(H3,27,28). The summed E-state index contributed by atoms with van der Waals surface area (Å²) in [6.07, 6.45) is 3.01. The Balaban J connectivity index is 1.46. The van der Waals surface area contributed by atoms with Crippen LogP contribution in [0.2, 0.25) is 0 Å². The predicted molar refractivity (Wildman–Crippen MR) is 128 cm³/mol. The highest BCUT2D eigenvalue weighted by atomic mass is 16.5. The molecule has 0 spiro atoms. The molecule has 0 radical (unpaired) electrons. The molecular formula is C26H28N4O2. The van der Waals surface area contributed by atoms with Gasteiger partial charge in [0, 0.05) is 18.2 Å². The van der Waals surface area contributed by atoms with Gasteiger partial charge in [-0.25, -0.2) is 0 Å². The van der Waals surface area contributed by atoms with Gasteiger partial charge in [0.05, 0.1) is 6.04 Å². The number of anilines is 1. The highest BCUT2D eigenvalue weighted by Gasteiger charge is 2.33. The van der Waals surface area contributed by atoms with Crippen LogP contribution in [0, 0.1) is 5.41 Å². The summed E-state index contributed by atoms with van der Waals surface area (Å²) in [6, 6.07) is 18.1. The molecule has 3 aromatic rings. The number of hydrogen-bond donors (Lipinski definition) is 3. The minimum Gasteiger partial charge on any atom is -0.490 e. The molecule has 4 N–H and O–H groups in total. The van der Waals surface area contributed by atoms with Crippen LogP contribution in [0.1, 0.15) is 42.5 Å². The second-order valence-corrected chi connectivity index (χ2v) is 8.70. The molecule has 0 aliphatic carbocycles. The first-order valence-electron chi connectivity index (χ1n) is 11.2. The highest BCUT2D eigenvalue weighted by molar-refractivity contribution is 5.99. The molecule has 32 heavy (non-hydrogen) atoms. The van der Waals surface area contributed by atoms with Crippen molar-refractivity contribution >= 4 is 28.2 Å². The Bertz CT molecular complexity index is 1200. The van der Waals surface area contributed by atoms with E-state index in [0.717, 1.165) is 65.7 Å². The van der Waals surface area contributed by atoms with E-state index >= 15 is 0 Å². The van der Waals surface area contributed by atoms with Crippen LogP contribution >= 0.6 is 0 Å². The molecule has 0 bridgehead atoms. The van der Waals surface area contributed by atoms with E-state index in [0.29, 0.717) is 5.56 Å². The van der Waals surface area contributed by atoms with Crippen LogP contribution in [0.3, 0.4) is 0 Å². The van der Waals surface area contributed by atoms with Crippen molar-refractivity contribution in [1.82, 2.24) is 5.32 Å². The van der Waals surface area contributed by atoms with Crippen LogP contribution in [0.25, 0.3) is 10.8 Å². The van der Waals surface area contributed by atoms with Crippen molar-refractivity contribution in [2.45, 2.75) is 38.3 Å². The van der Waals surface area contributed by atoms with Crippen molar-refractivity contribution < 1.29 is 9.53 Å². The number of nitrogens with one attached hydrogen (secondary N) is 2. The number of hydrogen-bond acceptors (Lipinski definition) is 4. The van der Waals surface area contributed by atoms with Gasteiger partial charge in [0.25, 0.3) is 0 Å². The number of amidine groups is 1. The molecular weight excluding hydrogens is 400 g/mol. The van der Waals surface area contributed by atoms with E-state index in [1.165, 1.54) is 0 Å². The number of nitrogen functional groups attached to an aromatic ring is 1. The van der Waals surface area contributed by atoms with Gasteiger partial charge in [0.15, 0.2) is 0 Å². The van der Waals surface area contributed by atoms with E-state index in [2.05, 4.69) is 29.6 Å². The van der Waals surface area contributed by atoms with Gasteiger partial charge in [-0.15, -0.1) is 0 Å². The number of ether oxygens (including phenoxy) is 1. The molecule has 0 aromatic heterocycles. The van der Waals surface area contributed by atoms with Crippen LogP contribution in [0.4, 0.5) is 5.69 Å². The van der Waals surface area contributed by atoms with Crippen LogP contribution in [0.15, 0.2) is 54.6 Å². The summed E-state index contributed by atoms with van der Waals surface area (Å²) >= 11 is 0. The largest absolute Gasteiger partial charge is 0.490 e. The normalized spacial score (nSPS) is 18.5. The molecule has 6 nitrogen and oxygen atoms in total. The Morgan fingerprint density at radius 3 is 2.59 bits per heavy atom. The summed E-state index contributed by atoms with van der Waals surface area (Å²) < 4.78 is 6.24. The molecule has 6 heteroatoms. The van der Waals surface area contributed by atoms with E-state index < -0.39 is 0 Å². The number of piperidine rings is 1. The van der Waals surface area contributed by atoms with Gasteiger partial charge in [-0.1, -0.05) is 24.3 Å². The van der Waals surface area contributed by atoms with Crippen LogP contribution in [0.5, 0.6) is 5.75 Å². The smallest absolute Gasteiger partial charge is 0.224 e. The van der Waals surface area contributed by atoms with Gasteiger partial charge in [-0.3, -0.25) is 10.2 Å². The maximum absolute atomic E-state index is 12.6. The third-order valence-electron chi connectivity index (χ3n) is 6.52. The fourth-order valence-electron chi connectivity index (χ4n) is 4.90. The number of carbonyl (C=O) groups is 1. The maximum atomic E-state index is 12.6. The van der Waals surface area contributed by atoms with Crippen molar-refractivity contribution in [3.63, 3.8) is 0 Å². The number of carbonyl (C=O) groups excluding carboxylic acids is 1. The first kappa shape index (κ1) is 20.5. The number of fused-ring (bicyclic) bond motifs is 2. The molecule has 1 amide bonds. The first-order valence-corrected chi connectivity index (χ1v) is 11.2. The Hall–Kier alpha value is -3.38. The molecule has 1 saturated heterocycles. The summed E-state index contributed by atoms with van der Waals surface area (Å²) in [5.74, 6) is 0.958. The van der Waals surface area contributed by atoms with Crippen molar-refractivity contribution in [3.8, 4) is 5.75 Å². The molecule has 164 valence electrons. The monoisotopic (exact) mass is 428 g/mol. The number of rotatable bonds is 4. The van der Waals surface area contributed by atoms with E-state index in [-0.39, 0.29) is 23.9 Å². The van der Waals surface area contributed by atoms with Crippen LogP contribution in [-0.2, 0) is 11.2 Å². The van der Waals surface area contributed by atoms with Gasteiger partial charge < -0.3 is 20.7 Å². The van der Waals surface area contributed by atoms with Crippen molar-refractivity contribution in [3.05, 3.63) is 71.3 Å². The third kappa shape index (κ3) is 3.82. The van der Waals surface area contributed by atoms with Crippen molar-refractivity contribution in [2.24, 2.45) is 5.73 Å². The van der Waals surface area contributed by atoms with Gasteiger partial charge in [-0.05, 0) is 84.6 Å². The number of benzene rings is 3. The predicted octanol–water partition coefficient (Wildman–Crippen LogP) is 3.90. The lowest BCUT2D eigenvalue weighted by Crippen LogP contribution is -2.34. The van der Waals surface area contributed by atoms with Crippen LogP contribution in [-0.4, -0.2) is 30.9 Å². The Kier molecular flexibility index (Phi) is 5.31. The lowest BCUT2D eigenvalue weighted by atomic mass is 9.97. The average molecular weight is 429 g/mol. The molecule has 3 aromatic carbocycles. The van der Waals surface area contributed by atoms with Crippen molar-refractivity contribution in [2.75, 3.05) is 18.0 Å². The zero-order valence-electron chi connectivity index (χ0n) is 18.2. The maximum Gasteiger partial charge on any atom is 0.224 e. The first-order chi connectivity index (χ1) is 15.5. The summed E-state index contributed by atoms with van der Waals surface area (Å²) in [7, 11) is 0. The van der Waals surface area contributed by atoms with E-state index in [4.69, 9.17) is 15.9 Å². The Morgan fingerprint density at radius 1 is 1.06 bits per heavy atom. The third-order valence-corrected chi connectivity index (χ3v) is 6.52. The molecule has 2 heterocycles. The molecule has 5 rings (SSSR count). The number of nitrogens with two attached hydrogens (primary N) is 1. The molecule has 1 fully saturated rings. The second-order valence-electron chi connectivity index (χ2n) is 8.70. The molecule has 1 unspecified atom stereocenters. The minimum atomic E-state index is -0.0676. The Morgan fingerprint density at radius 2 is 1.84 bits per heavy atom. The van der Waals surface area contributed by atoms with E-state index in [1.807, 2.05) is 35.2 Å². The van der Waals surface area contributed by atoms with Gasteiger partial charge in [0.1, 0.15) is 17.7 Å². The van der Waals surface area contributed by atoms with Gasteiger partial charge in [0.2, 0.25) is 5.91 Å². The van der Waals surface area contributed by atoms with Crippen molar-refractivity contribution in [1.29, 1.82) is 5.41 Å². The lowest BCUT2D eigenvalue weighted by molar-refractivity contribution is -0.116. The summed E-state index contributed by atoms with van der Waals surface area (Å²) in [4.78, 5) is 14.5. The fourth-order valence-corrected chi connectivity index (χ4v) is 4.90. The van der Waals surface area contributed by atoms with E-state index in [1.54, 1.807) is 6.92 Å². The second kappa shape index (κ2) is 8.28. The Labute approximate surface area is 187 Å². The van der Waals surface area contributed by atoms with E-state index in [9.17, 15) is 4.79 Å². The molecule has 0 saturated carbocycles. The minimum absolute atomic E-state index is 0.0263. The quantitative estimate of drug-likeness (QED) is 0.434. The zero-order valence-corrected chi connectivity index (χ0v) is 18.2. The average Bonchev–Trinajstić information content (AvgIpc) is 3.18. The molecule has 2 aliphatic rings. The molecule has 1 atom stereocenters. The number of amides is 1. The zero-order chi connectivity index (χ0) is 22.2. The van der Waals surface area contributed by atoms with Crippen LogP contribution < -0.4 is 20.7 Å². The highest BCUT2D eigenvalue weighted by Crippen LogP contribution is 2.42. The fraction of sp³-hybridized carbons (Fsp3) is 0.308. The topological polar surface area (TPSA) is 91.4 Å². The van der Waals surface area contributed by atoms with Gasteiger partial charge >= 0.3 is 0 Å². The SMILES string of the molecule is CC(=O)N1c2ccc(OC3CCNCC3)cc2CC1c1ccc2ccc(C(=N)N)cc2c1.